The topological polar surface area (TPSA) is 102 Å². The number of hydrogen-bond acceptors (Lipinski definition) is 6. The fraction of sp³-hybridized carbons (Fsp3) is 0.400. The van der Waals surface area contributed by atoms with Crippen LogP contribution >= 0.6 is 0 Å². The summed E-state index contributed by atoms with van der Waals surface area (Å²) in [6.07, 6.45) is 4.17. The van der Waals surface area contributed by atoms with Crippen LogP contribution in [0.5, 0.6) is 5.75 Å². The van der Waals surface area contributed by atoms with Crippen molar-refractivity contribution in [3.8, 4) is 17.1 Å². The van der Waals surface area contributed by atoms with Gasteiger partial charge in [0.25, 0.3) is 5.91 Å². The lowest BCUT2D eigenvalue weighted by molar-refractivity contribution is -0.124. The van der Waals surface area contributed by atoms with E-state index in [1.54, 1.807) is 19.2 Å². The number of ether oxygens (including phenoxy) is 2. The number of amides is 2. The van der Waals surface area contributed by atoms with Crippen LogP contribution in [0.15, 0.2) is 57.1 Å². The van der Waals surface area contributed by atoms with Gasteiger partial charge in [0.15, 0.2) is 5.76 Å². The highest BCUT2D eigenvalue weighted by Crippen LogP contribution is 2.26. The minimum atomic E-state index is -0.625. The van der Waals surface area contributed by atoms with Gasteiger partial charge in [0, 0.05) is 44.2 Å². The summed E-state index contributed by atoms with van der Waals surface area (Å²) in [5.41, 5.74) is 3.02. The molecule has 0 saturated carbocycles. The van der Waals surface area contributed by atoms with Gasteiger partial charge in [-0.25, -0.2) is 0 Å². The van der Waals surface area contributed by atoms with Crippen LogP contribution in [0.25, 0.3) is 11.3 Å². The SMILES string of the molecule is CNC(=O)[C@@H](NC(=O)c1ccc(-c2ccc(OCC3=C(C)N=CC3)cc2)o1)C1CCOCC1. The van der Waals surface area contributed by atoms with E-state index in [1.165, 1.54) is 5.57 Å². The Bertz CT molecular complexity index is 1050. The Morgan fingerprint density at radius 3 is 2.58 bits per heavy atom. The molecule has 1 atom stereocenters. The van der Waals surface area contributed by atoms with Crippen molar-refractivity contribution >= 4 is 18.0 Å². The zero-order chi connectivity index (χ0) is 23.2. The fourth-order valence-corrected chi connectivity index (χ4v) is 4.01. The number of aliphatic imine (C=N–C) groups is 1. The van der Waals surface area contributed by atoms with Crippen LogP contribution in [0.2, 0.25) is 0 Å². The van der Waals surface area contributed by atoms with Crippen LogP contribution < -0.4 is 15.4 Å². The molecule has 0 spiro atoms. The predicted molar refractivity (Wildman–Crippen MR) is 124 cm³/mol. The van der Waals surface area contributed by atoms with Crippen molar-refractivity contribution in [3.63, 3.8) is 0 Å². The van der Waals surface area contributed by atoms with Crippen LogP contribution in [-0.4, -0.2) is 50.9 Å². The Morgan fingerprint density at radius 2 is 1.91 bits per heavy atom. The van der Waals surface area contributed by atoms with Gasteiger partial charge in [-0.05, 0) is 67.7 Å². The molecule has 0 aliphatic carbocycles. The minimum Gasteiger partial charge on any atom is -0.489 e. The molecule has 2 aliphatic rings. The smallest absolute Gasteiger partial charge is 0.287 e. The number of nitrogens with zero attached hydrogens (tertiary/aromatic N) is 1. The molecule has 1 saturated heterocycles. The summed E-state index contributed by atoms with van der Waals surface area (Å²) in [7, 11) is 1.57. The van der Waals surface area contributed by atoms with Crippen molar-refractivity contribution in [1.82, 2.24) is 10.6 Å². The van der Waals surface area contributed by atoms with E-state index in [0.29, 0.717) is 25.6 Å². The predicted octanol–water partition coefficient (Wildman–Crippen LogP) is 3.34. The normalized spacial score (nSPS) is 17.2. The van der Waals surface area contributed by atoms with Crippen LogP contribution in [0.4, 0.5) is 0 Å². The first kappa shape index (κ1) is 22.8. The maximum absolute atomic E-state index is 12.8. The van der Waals surface area contributed by atoms with Gasteiger partial charge in [-0.3, -0.25) is 14.6 Å². The van der Waals surface area contributed by atoms with Gasteiger partial charge < -0.3 is 24.5 Å². The number of carbonyl (C=O) groups excluding carboxylic acids is 2. The number of furan rings is 1. The summed E-state index contributed by atoms with van der Waals surface area (Å²) < 4.78 is 17.0. The number of rotatable bonds is 8. The number of nitrogens with one attached hydrogen (secondary N) is 2. The Labute approximate surface area is 193 Å². The van der Waals surface area contributed by atoms with Crippen molar-refractivity contribution in [1.29, 1.82) is 0 Å². The van der Waals surface area contributed by atoms with Gasteiger partial charge in [0.2, 0.25) is 5.91 Å². The van der Waals surface area contributed by atoms with Gasteiger partial charge >= 0.3 is 0 Å². The standard InChI is InChI=1S/C25H29N3O5/c1-16-19(9-12-27-16)15-32-20-5-3-17(4-6-20)21-7-8-22(33-21)24(29)28-23(25(30)26-2)18-10-13-31-14-11-18/h3-8,12,18,23H,9-11,13-15H2,1-2H3,(H,26,30)(H,28,29)/t23-/m0/s1. The molecule has 2 N–H and O–H groups in total. The summed E-state index contributed by atoms with van der Waals surface area (Å²) in [4.78, 5) is 29.4. The molecule has 2 aliphatic heterocycles. The lowest BCUT2D eigenvalue weighted by Crippen LogP contribution is -2.51. The summed E-state index contributed by atoms with van der Waals surface area (Å²) >= 11 is 0. The molecule has 174 valence electrons. The van der Waals surface area contributed by atoms with Crippen molar-refractivity contribution in [2.24, 2.45) is 10.9 Å². The number of allylic oxidation sites excluding steroid dienone is 1. The third kappa shape index (κ3) is 5.51. The van der Waals surface area contributed by atoms with E-state index < -0.39 is 11.9 Å². The molecule has 1 aromatic carbocycles. The molecule has 4 rings (SSSR count). The van der Waals surface area contributed by atoms with Crippen molar-refractivity contribution < 1.29 is 23.5 Å². The third-order valence-electron chi connectivity index (χ3n) is 6.07. The van der Waals surface area contributed by atoms with E-state index in [1.807, 2.05) is 37.4 Å². The molecule has 33 heavy (non-hydrogen) atoms. The average Bonchev–Trinajstić information content (AvgIpc) is 3.51. The molecular formula is C25H29N3O5. The molecule has 2 amide bonds. The molecular weight excluding hydrogens is 422 g/mol. The van der Waals surface area contributed by atoms with Crippen LogP contribution in [0, 0.1) is 5.92 Å². The molecule has 0 unspecified atom stereocenters. The largest absolute Gasteiger partial charge is 0.489 e. The van der Waals surface area contributed by atoms with Crippen molar-refractivity contribution in [2.75, 3.05) is 26.9 Å². The Balaban J connectivity index is 1.38. The average molecular weight is 452 g/mol. The van der Waals surface area contributed by atoms with Crippen LogP contribution in [-0.2, 0) is 9.53 Å². The van der Waals surface area contributed by atoms with Crippen LogP contribution in [0.1, 0.15) is 36.7 Å². The molecule has 1 aromatic heterocycles. The number of hydrogen-bond donors (Lipinski definition) is 2. The third-order valence-corrected chi connectivity index (χ3v) is 6.07. The quantitative estimate of drug-likeness (QED) is 0.641. The molecule has 1 fully saturated rings. The van der Waals surface area contributed by atoms with Gasteiger partial charge in [-0.1, -0.05) is 0 Å². The van der Waals surface area contributed by atoms with E-state index >= 15 is 0 Å². The zero-order valence-corrected chi connectivity index (χ0v) is 18.9. The lowest BCUT2D eigenvalue weighted by atomic mass is 9.91. The molecule has 0 bridgehead atoms. The summed E-state index contributed by atoms with van der Waals surface area (Å²) in [6, 6.07) is 10.3. The van der Waals surface area contributed by atoms with E-state index in [2.05, 4.69) is 15.6 Å². The zero-order valence-electron chi connectivity index (χ0n) is 18.9. The number of carbonyl (C=O) groups is 2. The highest BCUT2D eigenvalue weighted by molar-refractivity contribution is 5.96. The molecule has 8 nitrogen and oxygen atoms in total. The van der Waals surface area contributed by atoms with Gasteiger partial charge in [-0.2, -0.15) is 0 Å². The van der Waals surface area contributed by atoms with Gasteiger partial charge in [-0.15, -0.1) is 0 Å². The second kappa shape index (κ2) is 10.5. The second-order valence-electron chi connectivity index (χ2n) is 8.20. The fourth-order valence-electron chi connectivity index (χ4n) is 4.01. The van der Waals surface area contributed by atoms with E-state index in [0.717, 1.165) is 36.3 Å². The first-order valence-electron chi connectivity index (χ1n) is 11.2. The first-order valence-corrected chi connectivity index (χ1v) is 11.2. The Morgan fingerprint density at radius 1 is 1.15 bits per heavy atom. The number of benzene rings is 1. The molecule has 0 radical (unpaired) electrons. The van der Waals surface area contributed by atoms with E-state index in [-0.39, 0.29) is 17.6 Å². The summed E-state index contributed by atoms with van der Waals surface area (Å²) in [5, 5.41) is 5.48. The van der Waals surface area contributed by atoms with Gasteiger partial charge in [0.05, 0.1) is 0 Å². The van der Waals surface area contributed by atoms with Crippen LogP contribution in [0.3, 0.4) is 0 Å². The molecule has 2 aromatic rings. The maximum Gasteiger partial charge on any atom is 0.287 e. The summed E-state index contributed by atoms with van der Waals surface area (Å²) in [5.74, 6) is 0.878. The maximum atomic E-state index is 12.8. The second-order valence-corrected chi connectivity index (χ2v) is 8.20. The molecule has 8 heteroatoms. The minimum absolute atomic E-state index is 0.0278. The van der Waals surface area contributed by atoms with E-state index in [4.69, 9.17) is 13.9 Å². The highest BCUT2D eigenvalue weighted by Gasteiger charge is 2.31. The Hall–Kier alpha value is -3.39. The summed E-state index contributed by atoms with van der Waals surface area (Å²) in [6.45, 7) is 3.67. The van der Waals surface area contributed by atoms with Crippen molar-refractivity contribution in [3.05, 3.63) is 53.4 Å². The van der Waals surface area contributed by atoms with E-state index in [9.17, 15) is 9.59 Å². The number of likely N-dealkylation sites (N-methyl/N-ethyl adjacent to an activating group) is 1. The Kier molecular flexibility index (Phi) is 7.24. The van der Waals surface area contributed by atoms with Crippen molar-refractivity contribution in [2.45, 2.75) is 32.2 Å². The lowest BCUT2D eigenvalue weighted by Gasteiger charge is -2.29. The van der Waals surface area contributed by atoms with Gasteiger partial charge in [0.1, 0.15) is 24.2 Å². The molecule has 3 heterocycles. The highest BCUT2D eigenvalue weighted by atomic mass is 16.5. The first-order chi connectivity index (χ1) is 16.0. The monoisotopic (exact) mass is 451 g/mol.